The molecule has 0 radical (unpaired) electrons. The van der Waals surface area contributed by atoms with Crippen LogP contribution in [0.5, 0.6) is 5.75 Å². The molecule has 1 saturated heterocycles. The lowest BCUT2D eigenvalue weighted by Crippen LogP contribution is -2.41. The molecule has 6 heteroatoms. The number of ether oxygens (including phenoxy) is 2. The molecular weight excluding hydrogens is 323 g/mol. The van der Waals surface area contributed by atoms with E-state index in [1.165, 1.54) is 12.1 Å². The van der Waals surface area contributed by atoms with Crippen molar-refractivity contribution >= 4 is 16.9 Å². The first-order valence-corrected chi connectivity index (χ1v) is 8.70. The molecule has 2 fully saturated rings. The van der Waals surface area contributed by atoms with E-state index < -0.39 is 0 Å². The molecule has 1 aliphatic heterocycles. The lowest BCUT2D eigenvalue weighted by Gasteiger charge is -2.25. The number of rotatable bonds is 5. The fraction of sp³-hybridized carbons (Fsp3) is 0.474. The fourth-order valence-electron chi connectivity index (χ4n) is 3.75. The first-order valence-electron chi connectivity index (χ1n) is 8.70. The normalized spacial score (nSPS) is 26.3. The van der Waals surface area contributed by atoms with Crippen LogP contribution in [0.2, 0.25) is 0 Å². The molecule has 1 aliphatic carbocycles. The predicted octanol–water partition coefficient (Wildman–Crippen LogP) is 2.63. The number of hydrogen-bond donors (Lipinski definition) is 0. The molecule has 1 aromatic heterocycles. The number of benzene rings is 1. The van der Waals surface area contributed by atoms with Crippen LogP contribution >= 0.6 is 0 Å². The van der Waals surface area contributed by atoms with Crippen LogP contribution in [0, 0.1) is 17.7 Å². The molecule has 2 aliphatic rings. The van der Waals surface area contributed by atoms with Gasteiger partial charge >= 0.3 is 5.97 Å². The van der Waals surface area contributed by atoms with E-state index in [1.807, 2.05) is 13.8 Å². The molecule has 3 unspecified atom stereocenters. The van der Waals surface area contributed by atoms with E-state index >= 15 is 0 Å². The standard InChI is InChI=1S/C19H21FN2O3/c1-3-24-19(23)11(2)22-9-14-15(10-22)18(14)25-17-6-7-21-16-5-4-12(20)8-13(16)17/h4-8,11,14-15,18H,3,9-10H2,1-2H3. The second kappa shape index (κ2) is 6.26. The largest absolute Gasteiger partial charge is 0.489 e. The second-order valence-corrected chi connectivity index (χ2v) is 6.76. The Morgan fingerprint density at radius 1 is 1.36 bits per heavy atom. The molecule has 5 nitrogen and oxygen atoms in total. The Morgan fingerprint density at radius 2 is 2.12 bits per heavy atom. The summed E-state index contributed by atoms with van der Waals surface area (Å²) in [6.45, 7) is 5.76. The highest BCUT2D eigenvalue weighted by Crippen LogP contribution is 2.49. The summed E-state index contributed by atoms with van der Waals surface area (Å²) in [6, 6.07) is 6.09. The maximum absolute atomic E-state index is 13.5. The van der Waals surface area contributed by atoms with Gasteiger partial charge in [0.25, 0.3) is 0 Å². The van der Waals surface area contributed by atoms with Crippen LogP contribution < -0.4 is 4.74 Å². The molecule has 0 amide bonds. The molecule has 0 bridgehead atoms. The summed E-state index contributed by atoms with van der Waals surface area (Å²) in [5.74, 6) is 1.03. The number of carbonyl (C=O) groups excluding carboxylic acids is 1. The third-order valence-electron chi connectivity index (χ3n) is 5.25. The summed E-state index contributed by atoms with van der Waals surface area (Å²) in [5, 5.41) is 0.698. The summed E-state index contributed by atoms with van der Waals surface area (Å²) in [5.41, 5.74) is 0.724. The quantitative estimate of drug-likeness (QED) is 0.781. The summed E-state index contributed by atoms with van der Waals surface area (Å²) >= 11 is 0. The van der Waals surface area contributed by atoms with Crippen LogP contribution in [0.3, 0.4) is 0 Å². The van der Waals surface area contributed by atoms with Gasteiger partial charge in [-0.25, -0.2) is 4.39 Å². The van der Waals surface area contributed by atoms with Crippen LogP contribution in [0.25, 0.3) is 10.9 Å². The zero-order valence-corrected chi connectivity index (χ0v) is 14.3. The molecule has 25 heavy (non-hydrogen) atoms. The van der Waals surface area contributed by atoms with E-state index in [0.29, 0.717) is 29.6 Å². The van der Waals surface area contributed by atoms with E-state index in [9.17, 15) is 9.18 Å². The van der Waals surface area contributed by atoms with Crippen molar-refractivity contribution in [1.82, 2.24) is 9.88 Å². The number of halogens is 1. The molecule has 2 aromatic rings. The van der Waals surface area contributed by atoms with E-state index in [4.69, 9.17) is 9.47 Å². The van der Waals surface area contributed by atoms with Crippen LogP contribution in [0.4, 0.5) is 4.39 Å². The van der Waals surface area contributed by atoms with Crippen LogP contribution in [-0.4, -0.2) is 47.7 Å². The molecule has 3 atom stereocenters. The van der Waals surface area contributed by atoms with Crippen molar-refractivity contribution in [2.24, 2.45) is 11.8 Å². The zero-order chi connectivity index (χ0) is 17.6. The first kappa shape index (κ1) is 16.3. The van der Waals surface area contributed by atoms with Crippen LogP contribution in [0.1, 0.15) is 13.8 Å². The monoisotopic (exact) mass is 344 g/mol. The van der Waals surface area contributed by atoms with Gasteiger partial charge in [-0.1, -0.05) is 0 Å². The van der Waals surface area contributed by atoms with Gasteiger partial charge < -0.3 is 9.47 Å². The number of piperidine rings is 1. The maximum Gasteiger partial charge on any atom is 0.323 e. The van der Waals surface area contributed by atoms with Crippen molar-refractivity contribution in [2.45, 2.75) is 26.0 Å². The number of carbonyl (C=O) groups is 1. The molecular formula is C19H21FN2O3. The third-order valence-corrected chi connectivity index (χ3v) is 5.25. The Labute approximate surface area is 145 Å². The topological polar surface area (TPSA) is 51.7 Å². The maximum atomic E-state index is 13.5. The minimum Gasteiger partial charge on any atom is -0.489 e. The fourth-order valence-corrected chi connectivity index (χ4v) is 3.75. The number of hydrogen-bond acceptors (Lipinski definition) is 5. The number of aromatic nitrogens is 1. The molecule has 1 saturated carbocycles. The summed E-state index contributed by atoms with van der Waals surface area (Å²) < 4.78 is 24.8. The predicted molar refractivity (Wildman–Crippen MR) is 90.8 cm³/mol. The number of fused-ring (bicyclic) bond motifs is 2. The number of likely N-dealkylation sites (tertiary alicyclic amines) is 1. The highest BCUT2D eigenvalue weighted by Gasteiger charge is 2.59. The van der Waals surface area contributed by atoms with Gasteiger partial charge in [0, 0.05) is 36.5 Å². The Hall–Kier alpha value is -2.21. The van der Waals surface area contributed by atoms with Crippen LogP contribution in [0.15, 0.2) is 30.5 Å². The lowest BCUT2D eigenvalue weighted by atomic mass is 10.2. The molecule has 132 valence electrons. The Morgan fingerprint density at radius 3 is 2.84 bits per heavy atom. The summed E-state index contributed by atoms with van der Waals surface area (Å²) in [7, 11) is 0. The lowest BCUT2D eigenvalue weighted by molar-refractivity contribution is -0.148. The Bertz CT molecular complexity index is 800. The van der Waals surface area contributed by atoms with Gasteiger partial charge in [0.2, 0.25) is 0 Å². The molecule has 1 aromatic carbocycles. The van der Waals surface area contributed by atoms with Gasteiger partial charge in [-0.3, -0.25) is 14.7 Å². The average molecular weight is 344 g/mol. The van der Waals surface area contributed by atoms with E-state index in [1.54, 1.807) is 18.3 Å². The minimum absolute atomic E-state index is 0.125. The molecule has 2 heterocycles. The molecule has 0 spiro atoms. The van der Waals surface area contributed by atoms with Crippen LogP contribution in [-0.2, 0) is 9.53 Å². The third kappa shape index (κ3) is 2.95. The van der Waals surface area contributed by atoms with Crippen molar-refractivity contribution in [3.8, 4) is 5.75 Å². The van der Waals surface area contributed by atoms with E-state index in [-0.39, 0.29) is 23.9 Å². The van der Waals surface area contributed by atoms with Gasteiger partial charge in [-0.2, -0.15) is 0 Å². The average Bonchev–Trinajstić information content (AvgIpc) is 3.04. The Balaban J connectivity index is 1.42. The van der Waals surface area contributed by atoms with Crippen molar-refractivity contribution in [1.29, 1.82) is 0 Å². The first-order chi connectivity index (χ1) is 12.1. The summed E-state index contributed by atoms with van der Waals surface area (Å²) in [4.78, 5) is 18.3. The number of pyridine rings is 1. The van der Waals surface area contributed by atoms with Gasteiger partial charge in [0.15, 0.2) is 0 Å². The highest BCUT2D eigenvalue weighted by atomic mass is 19.1. The molecule has 0 N–H and O–H groups in total. The van der Waals surface area contributed by atoms with E-state index in [2.05, 4.69) is 9.88 Å². The second-order valence-electron chi connectivity index (χ2n) is 6.76. The SMILES string of the molecule is CCOC(=O)C(C)N1CC2C(C1)C2Oc1ccnc2ccc(F)cc12. The zero-order valence-electron chi connectivity index (χ0n) is 14.3. The van der Waals surface area contributed by atoms with Crippen molar-refractivity contribution < 1.29 is 18.7 Å². The highest BCUT2D eigenvalue weighted by molar-refractivity contribution is 5.84. The summed E-state index contributed by atoms with van der Waals surface area (Å²) in [6.07, 6.45) is 1.81. The van der Waals surface area contributed by atoms with Gasteiger partial charge in [-0.15, -0.1) is 0 Å². The van der Waals surface area contributed by atoms with Gasteiger partial charge in [0.1, 0.15) is 23.7 Å². The van der Waals surface area contributed by atoms with Crippen molar-refractivity contribution in [3.63, 3.8) is 0 Å². The van der Waals surface area contributed by atoms with E-state index in [0.717, 1.165) is 18.6 Å². The van der Waals surface area contributed by atoms with Gasteiger partial charge in [-0.05, 0) is 38.1 Å². The number of esters is 1. The van der Waals surface area contributed by atoms with Gasteiger partial charge in [0.05, 0.1) is 12.1 Å². The smallest absolute Gasteiger partial charge is 0.323 e. The minimum atomic E-state index is -0.296. The van der Waals surface area contributed by atoms with Crippen molar-refractivity contribution in [3.05, 3.63) is 36.3 Å². The molecule has 4 rings (SSSR count). The Kier molecular flexibility index (Phi) is 4.07. The van der Waals surface area contributed by atoms with Crippen molar-refractivity contribution in [2.75, 3.05) is 19.7 Å². The number of nitrogens with zero attached hydrogens (tertiary/aromatic N) is 2.